The van der Waals surface area contributed by atoms with Gasteiger partial charge in [0.2, 0.25) is 5.91 Å². The number of amides is 1. The fourth-order valence-electron chi connectivity index (χ4n) is 2.69. The number of aromatic nitrogens is 3. The Hall–Kier alpha value is -1.25. The molecule has 3 rings (SSSR count). The summed E-state index contributed by atoms with van der Waals surface area (Å²) in [5, 5.41) is 15.2. The number of thiophene rings is 1. The summed E-state index contributed by atoms with van der Waals surface area (Å²) in [6.45, 7) is 8.32. The van der Waals surface area contributed by atoms with Crippen LogP contribution in [0.2, 0.25) is 15.1 Å². The Morgan fingerprint density at radius 3 is 2.48 bits per heavy atom. The van der Waals surface area contributed by atoms with Crippen LogP contribution in [0.3, 0.4) is 0 Å². The van der Waals surface area contributed by atoms with E-state index in [1.54, 1.807) is 11.3 Å². The number of benzene rings is 1. The van der Waals surface area contributed by atoms with Crippen LogP contribution in [-0.4, -0.2) is 26.4 Å². The lowest BCUT2D eigenvalue weighted by molar-refractivity contribution is -0.113. The summed E-state index contributed by atoms with van der Waals surface area (Å²) in [5.74, 6) is 0.748. The van der Waals surface area contributed by atoms with E-state index in [-0.39, 0.29) is 17.7 Å². The predicted octanol–water partition coefficient (Wildman–Crippen LogP) is 6.90. The Kier molecular flexibility index (Phi) is 7.17. The lowest BCUT2D eigenvalue weighted by atomic mass is 10.1. The first-order valence-electron chi connectivity index (χ1n) is 8.76. The van der Waals surface area contributed by atoms with Crippen molar-refractivity contribution in [2.45, 2.75) is 38.9 Å². The van der Waals surface area contributed by atoms with Gasteiger partial charge >= 0.3 is 0 Å². The first-order chi connectivity index (χ1) is 13.7. The van der Waals surface area contributed by atoms with Crippen LogP contribution in [-0.2, 0) is 4.79 Å². The fourth-order valence-corrected chi connectivity index (χ4v) is 5.02. The first kappa shape index (κ1) is 22.4. The number of rotatable bonds is 6. The lowest BCUT2D eigenvalue weighted by Crippen LogP contribution is -2.15. The van der Waals surface area contributed by atoms with E-state index in [4.69, 9.17) is 34.8 Å². The Morgan fingerprint density at radius 1 is 1.17 bits per heavy atom. The van der Waals surface area contributed by atoms with Crippen LogP contribution >= 0.6 is 57.9 Å². The average Bonchev–Trinajstić information content (AvgIpc) is 3.21. The highest BCUT2D eigenvalue weighted by Gasteiger charge is 2.20. The molecule has 0 aliphatic rings. The molecule has 0 radical (unpaired) electrons. The fraction of sp³-hybridized carbons (Fsp3) is 0.316. The summed E-state index contributed by atoms with van der Waals surface area (Å²) in [4.78, 5) is 13.7. The molecule has 0 saturated carbocycles. The van der Waals surface area contributed by atoms with Gasteiger partial charge in [0.1, 0.15) is 0 Å². The molecule has 29 heavy (non-hydrogen) atoms. The molecule has 0 aliphatic heterocycles. The summed E-state index contributed by atoms with van der Waals surface area (Å²) < 4.78 is 2.05. The van der Waals surface area contributed by atoms with Gasteiger partial charge in [-0.2, -0.15) is 0 Å². The van der Waals surface area contributed by atoms with Crippen LogP contribution in [0.4, 0.5) is 5.69 Å². The van der Waals surface area contributed by atoms with E-state index < -0.39 is 0 Å². The van der Waals surface area contributed by atoms with E-state index in [2.05, 4.69) is 53.2 Å². The van der Waals surface area contributed by atoms with Gasteiger partial charge in [-0.05, 0) is 45.4 Å². The molecule has 0 aliphatic carbocycles. The molecule has 0 unspecified atom stereocenters. The van der Waals surface area contributed by atoms with E-state index >= 15 is 0 Å². The topological polar surface area (TPSA) is 59.8 Å². The summed E-state index contributed by atoms with van der Waals surface area (Å²) >= 11 is 21.1. The van der Waals surface area contributed by atoms with E-state index in [9.17, 15) is 4.79 Å². The van der Waals surface area contributed by atoms with E-state index in [1.807, 2.05) is 0 Å². The Balaban J connectivity index is 1.76. The molecule has 3 aromatic rings. The highest BCUT2D eigenvalue weighted by atomic mass is 35.5. The number of hydrogen-bond acceptors (Lipinski definition) is 5. The van der Waals surface area contributed by atoms with Gasteiger partial charge in [-0.1, -0.05) is 46.6 Å². The van der Waals surface area contributed by atoms with E-state index in [0.29, 0.717) is 25.9 Å². The molecule has 0 bridgehead atoms. The zero-order chi connectivity index (χ0) is 21.3. The number of thioether (sulfide) groups is 1. The van der Waals surface area contributed by atoms with Crippen LogP contribution in [0.15, 0.2) is 22.7 Å². The Labute approximate surface area is 192 Å². The minimum Gasteiger partial charge on any atom is -0.324 e. The van der Waals surface area contributed by atoms with Crippen molar-refractivity contribution in [1.82, 2.24) is 14.8 Å². The predicted molar refractivity (Wildman–Crippen MR) is 124 cm³/mol. The molecule has 154 valence electrons. The molecule has 1 aromatic carbocycles. The molecule has 0 spiro atoms. The largest absolute Gasteiger partial charge is 0.324 e. The van der Waals surface area contributed by atoms with Crippen molar-refractivity contribution in [3.8, 4) is 11.4 Å². The first-order valence-corrected chi connectivity index (χ1v) is 11.8. The molecule has 1 amide bonds. The Bertz CT molecular complexity index is 1060. The molecule has 5 nitrogen and oxygen atoms in total. The second kappa shape index (κ2) is 9.27. The van der Waals surface area contributed by atoms with E-state index in [0.717, 1.165) is 11.4 Å². The minimum atomic E-state index is -0.224. The summed E-state index contributed by atoms with van der Waals surface area (Å²) in [6, 6.07) is 3.18. The van der Waals surface area contributed by atoms with Gasteiger partial charge in [-0.25, -0.2) is 0 Å². The van der Waals surface area contributed by atoms with Gasteiger partial charge in [0.25, 0.3) is 0 Å². The van der Waals surface area contributed by atoms with Crippen LogP contribution in [0.25, 0.3) is 11.4 Å². The lowest BCUT2D eigenvalue weighted by Gasteiger charge is -2.14. The zero-order valence-electron chi connectivity index (χ0n) is 16.2. The Morgan fingerprint density at radius 2 is 1.86 bits per heavy atom. The van der Waals surface area contributed by atoms with Crippen LogP contribution in [0, 0.1) is 13.8 Å². The standard InChI is InChI=1S/C19H19Cl3N4OS2/c1-9(2)26-18(12-7-28-11(4)10(12)3)24-25-19(26)29-8-17(27)23-16-6-14(21)13(20)5-15(16)22/h5-7,9H,8H2,1-4H3,(H,23,27). The van der Waals surface area contributed by atoms with Crippen molar-refractivity contribution >= 4 is 69.5 Å². The molecule has 0 saturated heterocycles. The number of hydrogen-bond donors (Lipinski definition) is 1. The maximum Gasteiger partial charge on any atom is 0.234 e. The van der Waals surface area contributed by atoms with Gasteiger partial charge in [0.05, 0.1) is 26.5 Å². The third-order valence-electron chi connectivity index (χ3n) is 4.32. The molecule has 10 heteroatoms. The molecule has 1 N–H and O–H groups in total. The maximum absolute atomic E-state index is 12.4. The molecule has 2 heterocycles. The quantitative estimate of drug-likeness (QED) is 0.302. The normalized spacial score (nSPS) is 11.3. The maximum atomic E-state index is 12.4. The van der Waals surface area contributed by atoms with Gasteiger partial charge < -0.3 is 5.32 Å². The average molecular weight is 490 g/mol. The van der Waals surface area contributed by atoms with Crippen LogP contribution in [0.5, 0.6) is 0 Å². The summed E-state index contributed by atoms with van der Waals surface area (Å²) in [7, 11) is 0. The number of aryl methyl sites for hydroxylation is 1. The minimum absolute atomic E-state index is 0.148. The molecular formula is C19H19Cl3N4OS2. The van der Waals surface area contributed by atoms with Crippen molar-refractivity contribution in [1.29, 1.82) is 0 Å². The molecule has 2 aromatic heterocycles. The van der Waals surface area contributed by atoms with Crippen LogP contribution in [0.1, 0.15) is 30.3 Å². The highest BCUT2D eigenvalue weighted by molar-refractivity contribution is 7.99. The number of nitrogens with one attached hydrogen (secondary N) is 1. The van der Waals surface area contributed by atoms with Gasteiger partial charge in [-0.15, -0.1) is 21.5 Å². The highest BCUT2D eigenvalue weighted by Crippen LogP contribution is 2.34. The van der Waals surface area contributed by atoms with Crippen molar-refractivity contribution in [3.05, 3.63) is 43.0 Å². The number of anilines is 1. The zero-order valence-corrected chi connectivity index (χ0v) is 20.1. The second-order valence-electron chi connectivity index (χ2n) is 6.68. The number of nitrogens with zero attached hydrogens (tertiary/aromatic N) is 3. The van der Waals surface area contributed by atoms with Crippen molar-refractivity contribution in [2.24, 2.45) is 0 Å². The SMILES string of the molecule is Cc1scc(-c2nnc(SCC(=O)Nc3cc(Cl)c(Cl)cc3Cl)n2C(C)C)c1C. The smallest absolute Gasteiger partial charge is 0.234 e. The van der Waals surface area contributed by atoms with E-state index in [1.165, 1.54) is 34.3 Å². The molecule has 0 fully saturated rings. The molecule has 0 atom stereocenters. The van der Waals surface area contributed by atoms with Crippen LogP contribution < -0.4 is 5.32 Å². The van der Waals surface area contributed by atoms with Crippen molar-refractivity contribution < 1.29 is 4.79 Å². The van der Waals surface area contributed by atoms with Gasteiger partial charge in [-0.3, -0.25) is 9.36 Å². The monoisotopic (exact) mass is 488 g/mol. The number of carbonyl (C=O) groups is 1. The summed E-state index contributed by atoms with van der Waals surface area (Å²) in [6.07, 6.45) is 0. The molecular weight excluding hydrogens is 471 g/mol. The second-order valence-corrected chi connectivity index (χ2v) is 9.93. The number of halogens is 3. The third-order valence-corrected chi connectivity index (χ3v) is 7.32. The van der Waals surface area contributed by atoms with Crippen molar-refractivity contribution in [2.75, 3.05) is 11.1 Å². The summed E-state index contributed by atoms with van der Waals surface area (Å²) in [5.41, 5.74) is 2.70. The van der Waals surface area contributed by atoms with Gasteiger partial charge in [0, 0.05) is 21.9 Å². The van der Waals surface area contributed by atoms with Crippen molar-refractivity contribution in [3.63, 3.8) is 0 Å². The number of carbonyl (C=O) groups excluding carboxylic acids is 1. The third kappa shape index (κ3) is 4.91. The van der Waals surface area contributed by atoms with Gasteiger partial charge in [0.15, 0.2) is 11.0 Å².